The number of carbonyl (C=O) groups excluding carboxylic acids is 1. The molecule has 0 saturated carbocycles. The molecule has 0 N–H and O–H groups in total. The highest BCUT2D eigenvalue weighted by Crippen LogP contribution is 2.28. The lowest BCUT2D eigenvalue weighted by Crippen LogP contribution is -2.06. The van der Waals surface area contributed by atoms with Crippen molar-refractivity contribution < 1.29 is 18.8 Å². The summed E-state index contributed by atoms with van der Waals surface area (Å²) in [7, 11) is 0. The van der Waals surface area contributed by atoms with E-state index in [-0.39, 0.29) is 38.5 Å². The largest absolute Gasteiger partial charge is 0.402 e. The van der Waals surface area contributed by atoms with E-state index in [0.29, 0.717) is 0 Å². The predicted octanol–water partition coefficient (Wildman–Crippen LogP) is 4.39. The number of nitro benzene ring substituents is 1. The third-order valence-corrected chi connectivity index (χ3v) is 3.94. The molecule has 6 nitrogen and oxygen atoms in total. The maximum atomic E-state index is 13.8. The first kappa shape index (κ1) is 17.1. The van der Waals surface area contributed by atoms with Gasteiger partial charge >= 0.3 is 5.97 Å². The van der Waals surface area contributed by atoms with Gasteiger partial charge in [0.2, 0.25) is 5.90 Å². The Hall–Kier alpha value is -2.77. The number of rotatable bonds is 3. The molecule has 0 bridgehead atoms. The van der Waals surface area contributed by atoms with Crippen LogP contribution in [0.15, 0.2) is 47.1 Å². The van der Waals surface area contributed by atoms with Gasteiger partial charge in [-0.1, -0.05) is 29.3 Å². The third-order valence-electron chi connectivity index (χ3n) is 3.30. The highest BCUT2D eigenvalue weighted by atomic mass is 35.5. The standard InChI is InChI=1S/C16H7Cl2FN2O4/c17-11-2-1-3-13(19)10(11)7-14-16(22)25-15(20-14)9-5-4-8(21(23)24)6-12(9)18/h1-7H/b14-7-. The second-order valence-electron chi connectivity index (χ2n) is 4.89. The Morgan fingerprint density at radius 1 is 1.20 bits per heavy atom. The quantitative estimate of drug-likeness (QED) is 0.342. The minimum absolute atomic E-state index is 0.00378. The summed E-state index contributed by atoms with van der Waals surface area (Å²) in [6.45, 7) is 0. The highest BCUT2D eigenvalue weighted by molar-refractivity contribution is 6.35. The van der Waals surface area contributed by atoms with E-state index in [0.717, 1.165) is 12.1 Å². The van der Waals surface area contributed by atoms with Gasteiger partial charge in [-0.2, -0.15) is 0 Å². The van der Waals surface area contributed by atoms with Gasteiger partial charge in [-0.3, -0.25) is 10.1 Å². The van der Waals surface area contributed by atoms with E-state index in [1.54, 1.807) is 0 Å². The molecule has 3 rings (SSSR count). The van der Waals surface area contributed by atoms with Crippen molar-refractivity contribution in [3.05, 3.63) is 79.2 Å². The number of nitro groups is 1. The molecule has 1 aliphatic rings. The highest BCUT2D eigenvalue weighted by Gasteiger charge is 2.27. The van der Waals surface area contributed by atoms with Gasteiger partial charge in [0.25, 0.3) is 5.69 Å². The number of halogens is 3. The van der Waals surface area contributed by atoms with Crippen molar-refractivity contribution in [2.75, 3.05) is 0 Å². The summed E-state index contributed by atoms with van der Waals surface area (Å²) < 4.78 is 18.8. The summed E-state index contributed by atoms with van der Waals surface area (Å²) in [5.41, 5.74) is -0.191. The second kappa shape index (κ2) is 6.62. The molecule has 126 valence electrons. The van der Waals surface area contributed by atoms with Crippen LogP contribution in [0.25, 0.3) is 6.08 Å². The Balaban J connectivity index is 2.01. The van der Waals surface area contributed by atoms with Crippen LogP contribution in [0.1, 0.15) is 11.1 Å². The Kier molecular flexibility index (Phi) is 4.52. The number of ether oxygens (including phenoxy) is 1. The fourth-order valence-corrected chi connectivity index (χ4v) is 2.57. The van der Waals surface area contributed by atoms with Crippen molar-refractivity contribution in [3.63, 3.8) is 0 Å². The molecule has 0 amide bonds. The van der Waals surface area contributed by atoms with Crippen LogP contribution in [0, 0.1) is 15.9 Å². The van der Waals surface area contributed by atoms with Gasteiger partial charge in [0, 0.05) is 17.7 Å². The molecule has 25 heavy (non-hydrogen) atoms. The van der Waals surface area contributed by atoms with Gasteiger partial charge < -0.3 is 4.74 Å². The van der Waals surface area contributed by atoms with Crippen molar-refractivity contribution in [3.8, 4) is 0 Å². The molecular formula is C16H7Cl2FN2O4. The molecule has 0 unspecified atom stereocenters. The van der Waals surface area contributed by atoms with Gasteiger partial charge in [0.05, 0.1) is 20.5 Å². The van der Waals surface area contributed by atoms with Crippen molar-refractivity contribution in [1.29, 1.82) is 0 Å². The van der Waals surface area contributed by atoms with Crippen molar-refractivity contribution in [2.24, 2.45) is 4.99 Å². The van der Waals surface area contributed by atoms with Crippen LogP contribution < -0.4 is 0 Å². The number of hydrogen-bond acceptors (Lipinski definition) is 5. The smallest absolute Gasteiger partial charge is 0.363 e. The number of cyclic esters (lactones) is 1. The van der Waals surface area contributed by atoms with Crippen LogP contribution in [-0.2, 0) is 9.53 Å². The molecule has 0 saturated heterocycles. The van der Waals surface area contributed by atoms with Gasteiger partial charge in [0.1, 0.15) is 5.82 Å². The SMILES string of the molecule is O=C1OC(c2ccc([N+](=O)[O-])cc2Cl)=N/C1=C\c1c(F)cccc1Cl. The summed E-state index contributed by atoms with van der Waals surface area (Å²) in [5.74, 6) is -1.57. The fraction of sp³-hybridized carbons (Fsp3) is 0. The van der Waals surface area contributed by atoms with Gasteiger partial charge in [-0.25, -0.2) is 14.2 Å². The number of aliphatic imine (C=N–C) groups is 1. The van der Waals surface area contributed by atoms with Crippen LogP contribution in [0.3, 0.4) is 0 Å². The van der Waals surface area contributed by atoms with Gasteiger partial charge in [-0.15, -0.1) is 0 Å². The zero-order valence-electron chi connectivity index (χ0n) is 12.2. The lowest BCUT2D eigenvalue weighted by Gasteiger charge is -2.02. The number of esters is 1. The zero-order valence-corrected chi connectivity index (χ0v) is 13.7. The number of nitrogens with zero attached hydrogens (tertiary/aromatic N) is 2. The number of non-ortho nitro benzene ring substituents is 1. The van der Waals surface area contributed by atoms with E-state index in [9.17, 15) is 19.3 Å². The normalized spacial score (nSPS) is 15.2. The molecule has 0 aromatic heterocycles. The summed E-state index contributed by atoms with van der Waals surface area (Å²) in [4.78, 5) is 26.1. The second-order valence-corrected chi connectivity index (χ2v) is 5.71. The number of carbonyl (C=O) groups is 1. The van der Waals surface area contributed by atoms with Crippen LogP contribution in [0.2, 0.25) is 10.0 Å². The molecule has 0 fully saturated rings. The predicted molar refractivity (Wildman–Crippen MR) is 90.1 cm³/mol. The van der Waals surface area contributed by atoms with Crippen LogP contribution >= 0.6 is 23.2 Å². The van der Waals surface area contributed by atoms with E-state index >= 15 is 0 Å². The van der Waals surface area contributed by atoms with Gasteiger partial charge in [0.15, 0.2) is 5.70 Å². The van der Waals surface area contributed by atoms with Gasteiger partial charge in [-0.05, 0) is 24.3 Å². The summed E-state index contributed by atoms with van der Waals surface area (Å²) in [6.07, 6.45) is 1.16. The number of benzene rings is 2. The molecule has 0 spiro atoms. The van der Waals surface area contributed by atoms with Crippen molar-refractivity contribution >= 4 is 46.8 Å². The van der Waals surface area contributed by atoms with E-state index in [4.69, 9.17) is 27.9 Å². The van der Waals surface area contributed by atoms with Crippen molar-refractivity contribution in [1.82, 2.24) is 0 Å². The lowest BCUT2D eigenvalue weighted by atomic mass is 10.2. The minimum Gasteiger partial charge on any atom is -0.402 e. The van der Waals surface area contributed by atoms with Crippen LogP contribution in [0.5, 0.6) is 0 Å². The Labute approximate surface area is 150 Å². The molecule has 2 aromatic rings. The van der Waals surface area contributed by atoms with E-state index < -0.39 is 16.7 Å². The maximum Gasteiger partial charge on any atom is 0.363 e. The average Bonchev–Trinajstić information content (AvgIpc) is 2.91. The van der Waals surface area contributed by atoms with Crippen LogP contribution in [-0.4, -0.2) is 16.8 Å². The lowest BCUT2D eigenvalue weighted by molar-refractivity contribution is -0.384. The molecule has 0 radical (unpaired) electrons. The van der Waals surface area contributed by atoms with E-state index in [2.05, 4.69) is 4.99 Å². The first-order valence-electron chi connectivity index (χ1n) is 6.77. The molecule has 0 atom stereocenters. The summed E-state index contributed by atoms with van der Waals surface area (Å²) in [6, 6.07) is 7.71. The van der Waals surface area contributed by atoms with E-state index in [1.165, 1.54) is 30.3 Å². The first-order valence-corrected chi connectivity index (χ1v) is 7.53. The Morgan fingerprint density at radius 2 is 1.96 bits per heavy atom. The third kappa shape index (κ3) is 3.38. The van der Waals surface area contributed by atoms with E-state index in [1.807, 2.05) is 0 Å². The Morgan fingerprint density at radius 3 is 2.60 bits per heavy atom. The molecule has 0 aliphatic carbocycles. The molecule has 1 aliphatic heterocycles. The minimum atomic E-state index is -0.816. The van der Waals surface area contributed by atoms with Crippen LogP contribution in [0.4, 0.5) is 10.1 Å². The Bertz CT molecular complexity index is 952. The topological polar surface area (TPSA) is 81.8 Å². The molecular weight excluding hydrogens is 374 g/mol. The summed E-state index contributed by atoms with van der Waals surface area (Å²) in [5, 5.41) is 10.8. The first-order chi connectivity index (χ1) is 11.9. The molecule has 9 heteroatoms. The fourth-order valence-electron chi connectivity index (χ4n) is 2.10. The van der Waals surface area contributed by atoms with Crippen molar-refractivity contribution in [2.45, 2.75) is 0 Å². The maximum absolute atomic E-state index is 13.8. The molecule has 2 aromatic carbocycles. The average molecular weight is 381 g/mol. The zero-order chi connectivity index (χ0) is 18.1. The summed E-state index contributed by atoms with van der Waals surface area (Å²) >= 11 is 11.9. The molecule has 1 heterocycles. The number of hydrogen-bond donors (Lipinski definition) is 0. The monoisotopic (exact) mass is 380 g/mol.